The van der Waals surface area contributed by atoms with Gasteiger partial charge in [-0.3, -0.25) is 9.88 Å². The van der Waals surface area contributed by atoms with E-state index in [0.29, 0.717) is 11.8 Å². The Morgan fingerprint density at radius 1 is 0.778 bits per heavy atom. The molecule has 2 unspecified atom stereocenters. The van der Waals surface area contributed by atoms with Crippen molar-refractivity contribution in [3.8, 4) is 0 Å². The Labute approximate surface area is 161 Å². The van der Waals surface area contributed by atoms with E-state index in [2.05, 4.69) is 77.7 Å². The van der Waals surface area contributed by atoms with E-state index in [4.69, 9.17) is 4.98 Å². The van der Waals surface area contributed by atoms with Crippen molar-refractivity contribution in [2.45, 2.75) is 37.1 Å². The first kappa shape index (κ1) is 16.7. The van der Waals surface area contributed by atoms with Crippen LogP contribution in [0.25, 0.3) is 0 Å². The summed E-state index contributed by atoms with van der Waals surface area (Å²) in [6.07, 6.45) is 4.65. The number of pyridine rings is 1. The molecule has 2 aromatic carbocycles. The second-order valence-corrected chi connectivity index (χ2v) is 8.06. The molecule has 2 heteroatoms. The van der Waals surface area contributed by atoms with E-state index >= 15 is 0 Å². The lowest BCUT2D eigenvalue weighted by Gasteiger charge is -2.21. The number of hydrogen-bond donors (Lipinski definition) is 0. The van der Waals surface area contributed by atoms with Crippen LogP contribution in [0.1, 0.15) is 53.0 Å². The molecule has 2 fully saturated rings. The maximum absolute atomic E-state index is 4.91. The third-order valence-electron chi connectivity index (χ3n) is 6.11. The fraction of sp³-hybridized carbons (Fsp3) is 0.320. The van der Waals surface area contributed by atoms with Gasteiger partial charge in [0.25, 0.3) is 0 Å². The maximum atomic E-state index is 4.91. The van der Waals surface area contributed by atoms with Crippen LogP contribution >= 0.6 is 0 Å². The molecule has 1 saturated carbocycles. The lowest BCUT2D eigenvalue weighted by atomic mass is 9.84. The van der Waals surface area contributed by atoms with E-state index in [9.17, 15) is 0 Å². The summed E-state index contributed by atoms with van der Waals surface area (Å²) in [5.74, 6) is 1.74. The van der Waals surface area contributed by atoms with Gasteiger partial charge in [0, 0.05) is 43.4 Å². The van der Waals surface area contributed by atoms with Crippen molar-refractivity contribution in [2.24, 2.45) is 0 Å². The van der Waals surface area contributed by atoms with Gasteiger partial charge in [-0.1, -0.05) is 66.7 Å². The molecule has 1 aliphatic heterocycles. The number of rotatable bonds is 5. The number of hydrogen-bond acceptors (Lipinski definition) is 2. The highest BCUT2D eigenvalue weighted by atomic mass is 15.2. The minimum Gasteiger partial charge on any atom is -0.298 e. The monoisotopic (exact) mass is 354 g/mol. The van der Waals surface area contributed by atoms with Crippen LogP contribution in [0, 0.1) is 0 Å². The number of aromatic nitrogens is 1. The van der Waals surface area contributed by atoms with Crippen molar-refractivity contribution in [3.05, 3.63) is 101 Å². The summed E-state index contributed by atoms with van der Waals surface area (Å²) >= 11 is 0. The summed E-state index contributed by atoms with van der Waals surface area (Å²) in [5, 5.41) is 0. The van der Waals surface area contributed by atoms with Crippen LogP contribution in [-0.2, 0) is 6.54 Å². The zero-order valence-electron chi connectivity index (χ0n) is 15.7. The Bertz CT molecular complexity index is 886. The number of likely N-dealkylation sites (tertiary alicyclic amines) is 1. The quantitative estimate of drug-likeness (QED) is 0.614. The molecule has 27 heavy (non-hydrogen) atoms. The molecule has 2 atom stereocenters. The van der Waals surface area contributed by atoms with Gasteiger partial charge in [-0.2, -0.15) is 0 Å². The normalized spacial score (nSPS) is 22.8. The van der Waals surface area contributed by atoms with Gasteiger partial charge in [0.15, 0.2) is 0 Å². The van der Waals surface area contributed by atoms with Crippen molar-refractivity contribution in [1.29, 1.82) is 0 Å². The molecule has 0 bridgehead atoms. The molecule has 2 aliphatic rings. The second-order valence-electron chi connectivity index (χ2n) is 8.06. The molecule has 0 N–H and O–H groups in total. The van der Waals surface area contributed by atoms with Gasteiger partial charge in [0.2, 0.25) is 0 Å². The Kier molecular flexibility index (Phi) is 4.51. The Balaban J connectivity index is 1.47. The summed E-state index contributed by atoms with van der Waals surface area (Å²) in [5.41, 5.74) is 5.70. The highest BCUT2D eigenvalue weighted by molar-refractivity contribution is 5.36. The number of nitrogens with zero attached hydrogens (tertiary/aromatic N) is 2. The fourth-order valence-corrected chi connectivity index (χ4v) is 4.65. The lowest BCUT2D eigenvalue weighted by molar-refractivity contribution is 0.323. The summed E-state index contributed by atoms with van der Waals surface area (Å²) < 4.78 is 0. The Morgan fingerprint density at radius 2 is 1.48 bits per heavy atom. The molecule has 2 nitrogen and oxygen atoms in total. The molecular formula is C25H26N2. The van der Waals surface area contributed by atoms with Gasteiger partial charge < -0.3 is 0 Å². The minimum absolute atomic E-state index is 0.480. The van der Waals surface area contributed by atoms with Crippen LogP contribution in [0.5, 0.6) is 0 Å². The van der Waals surface area contributed by atoms with Gasteiger partial charge in [-0.05, 0) is 41.5 Å². The minimum atomic E-state index is 0.480. The van der Waals surface area contributed by atoms with Crippen molar-refractivity contribution in [3.63, 3.8) is 0 Å². The van der Waals surface area contributed by atoms with Crippen LogP contribution in [0.2, 0.25) is 0 Å². The van der Waals surface area contributed by atoms with E-state index < -0.39 is 0 Å². The average Bonchev–Trinajstić information content (AvgIpc) is 3.50. The van der Waals surface area contributed by atoms with E-state index in [1.54, 1.807) is 0 Å². The predicted octanol–water partition coefficient (Wildman–Crippen LogP) is 5.34. The topological polar surface area (TPSA) is 16.1 Å². The Hall–Kier alpha value is -2.45. The summed E-state index contributed by atoms with van der Waals surface area (Å²) in [4.78, 5) is 7.53. The van der Waals surface area contributed by atoms with E-state index in [1.807, 2.05) is 6.20 Å². The van der Waals surface area contributed by atoms with E-state index in [0.717, 1.165) is 25.6 Å². The molecular weight excluding hydrogens is 328 g/mol. The largest absolute Gasteiger partial charge is 0.298 e. The van der Waals surface area contributed by atoms with E-state index in [-0.39, 0.29) is 0 Å². The summed E-state index contributed by atoms with van der Waals surface area (Å²) in [6, 6.07) is 26.3. The van der Waals surface area contributed by atoms with Crippen molar-refractivity contribution < 1.29 is 0 Å². The van der Waals surface area contributed by atoms with Crippen LogP contribution in [0.3, 0.4) is 0 Å². The van der Waals surface area contributed by atoms with Crippen LogP contribution in [0.15, 0.2) is 79.0 Å². The zero-order valence-corrected chi connectivity index (χ0v) is 15.7. The maximum Gasteiger partial charge on any atom is 0.0488 e. The lowest BCUT2D eigenvalue weighted by Crippen LogP contribution is -2.20. The van der Waals surface area contributed by atoms with Gasteiger partial charge >= 0.3 is 0 Å². The molecule has 1 saturated heterocycles. The average molecular weight is 354 g/mol. The molecule has 5 rings (SSSR count). The van der Waals surface area contributed by atoms with Gasteiger partial charge in [-0.15, -0.1) is 0 Å². The molecule has 2 heterocycles. The molecule has 0 spiro atoms. The van der Waals surface area contributed by atoms with Gasteiger partial charge in [0.1, 0.15) is 0 Å². The first-order chi connectivity index (χ1) is 13.4. The number of benzene rings is 2. The summed E-state index contributed by atoms with van der Waals surface area (Å²) in [7, 11) is 0. The predicted molar refractivity (Wildman–Crippen MR) is 110 cm³/mol. The highest BCUT2D eigenvalue weighted by Gasteiger charge is 2.38. The second kappa shape index (κ2) is 7.28. The Morgan fingerprint density at radius 3 is 2.22 bits per heavy atom. The molecule has 136 valence electrons. The van der Waals surface area contributed by atoms with Crippen molar-refractivity contribution in [1.82, 2.24) is 9.88 Å². The fourth-order valence-electron chi connectivity index (χ4n) is 4.65. The van der Waals surface area contributed by atoms with Crippen LogP contribution in [0.4, 0.5) is 0 Å². The van der Waals surface area contributed by atoms with E-state index in [1.165, 1.54) is 35.2 Å². The zero-order chi connectivity index (χ0) is 18.1. The van der Waals surface area contributed by atoms with Gasteiger partial charge in [-0.25, -0.2) is 0 Å². The van der Waals surface area contributed by atoms with Crippen LogP contribution < -0.4 is 0 Å². The molecule has 0 amide bonds. The molecule has 1 aromatic heterocycles. The standard InChI is InChI=1S/C25H26N2/c1-3-8-19(9-4-1)16-27-17-23(20-10-5-2-6-11-20)24(18-27)25-22(21-13-14-21)12-7-15-26-25/h1-12,15,21,23-24H,13-14,16-18H2. The van der Waals surface area contributed by atoms with Crippen molar-refractivity contribution in [2.75, 3.05) is 13.1 Å². The van der Waals surface area contributed by atoms with Crippen LogP contribution in [-0.4, -0.2) is 23.0 Å². The van der Waals surface area contributed by atoms with Crippen molar-refractivity contribution >= 4 is 0 Å². The molecule has 1 aliphatic carbocycles. The molecule has 0 radical (unpaired) electrons. The first-order valence-electron chi connectivity index (χ1n) is 10.1. The third-order valence-corrected chi connectivity index (χ3v) is 6.11. The molecule has 3 aromatic rings. The highest BCUT2D eigenvalue weighted by Crippen LogP contribution is 2.47. The summed E-state index contributed by atoms with van der Waals surface area (Å²) in [6.45, 7) is 3.21. The van der Waals surface area contributed by atoms with Gasteiger partial charge in [0.05, 0.1) is 0 Å². The smallest absolute Gasteiger partial charge is 0.0488 e. The SMILES string of the molecule is c1ccc(CN2CC(c3ccccc3)C(c3ncccc3C3CC3)C2)cc1. The third kappa shape index (κ3) is 3.54. The first-order valence-corrected chi connectivity index (χ1v) is 10.1.